The Morgan fingerprint density at radius 2 is 2.00 bits per heavy atom. The van der Waals surface area contributed by atoms with Crippen LogP contribution in [-0.4, -0.2) is 29.7 Å². The number of ether oxygens (including phenoxy) is 1. The molecule has 1 N–H and O–H groups in total. The van der Waals surface area contributed by atoms with Crippen molar-refractivity contribution in [2.75, 3.05) is 24.6 Å². The molecule has 0 amide bonds. The van der Waals surface area contributed by atoms with E-state index < -0.39 is 0 Å². The number of aryl methyl sites for hydroxylation is 2. The van der Waals surface area contributed by atoms with Crippen LogP contribution in [0.4, 0.5) is 5.13 Å². The number of thiazole rings is 1. The molecule has 3 aromatic rings. The van der Waals surface area contributed by atoms with Crippen LogP contribution in [0.5, 0.6) is 0 Å². The third-order valence-electron chi connectivity index (χ3n) is 5.86. The molecular formula is C20H23N3OS. The van der Waals surface area contributed by atoms with Gasteiger partial charge in [0.05, 0.1) is 18.0 Å². The van der Waals surface area contributed by atoms with Crippen LogP contribution in [0, 0.1) is 13.8 Å². The van der Waals surface area contributed by atoms with Crippen LogP contribution in [0.2, 0.25) is 0 Å². The highest BCUT2D eigenvalue weighted by Gasteiger charge is 2.43. The fraction of sp³-hybridized carbons (Fsp3) is 0.450. The molecule has 0 saturated carbocycles. The molecule has 0 unspecified atom stereocenters. The third-order valence-corrected chi connectivity index (χ3v) is 6.99. The summed E-state index contributed by atoms with van der Waals surface area (Å²) in [5, 5.41) is 2.53. The number of aromatic nitrogens is 2. The smallest absolute Gasteiger partial charge is 0.185 e. The number of piperidine rings is 1. The largest absolute Gasteiger partial charge is 0.368 e. The molecule has 0 radical (unpaired) electrons. The first kappa shape index (κ1) is 15.4. The minimum Gasteiger partial charge on any atom is -0.368 e. The number of anilines is 1. The quantitative estimate of drug-likeness (QED) is 0.709. The average Bonchev–Trinajstić information content (AvgIpc) is 3.18. The molecule has 4 heterocycles. The van der Waals surface area contributed by atoms with Crippen molar-refractivity contribution < 1.29 is 4.74 Å². The topological polar surface area (TPSA) is 41.2 Å². The van der Waals surface area contributed by atoms with E-state index in [4.69, 9.17) is 9.72 Å². The zero-order chi connectivity index (χ0) is 17.0. The van der Waals surface area contributed by atoms with Crippen molar-refractivity contribution in [3.63, 3.8) is 0 Å². The minimum atomic E-state index is -0.148. The maximum atomic E-state index is 6.40. The molecule has 1 saturated heterocycles. The van der Waals surface area contributed by atoms with Gasteiger partial charge < -0.3 is 14.6 Å². The predicted octanol–water partition coefficient (Wildman–Crippen LogP) is 4.31. The standard InChI is InChI=1S/C20H23N3OS/c1-13-14(2)25-19(21-13)23-10-8-20(9-11-23)18-16(7-12-24-20)15-5-3-4-6-17(15)22-18/h3-6,22H,7-12H2,1-2H3. The minimum absolute atomic E-state index is 0.148. The van der Waals surface area contributed by atoms with E-state index in [1.807, 2.05) is 11.3 Å². The lowest BCUT2D eigenvalue weighted by atomic mass is 9.83. The Bertz CT molecular complexity index is 914. The Balaban J connectivity index is 1.47. The summed E-state index contributed by atoms with van der Waals surface area (Å²) in [6, 6.07) is 8.65. The number of hydrogen-bond donors (Lipinski definition) is 1. The molecule has 5 rings (SSSR count). The van der Waals surface area contributed by atoms with Crippen molar-refractivity contribution in [3.8, 4) is 0 Å². The van der Waals surface area contributed by atoms with Gasteiger partial charge in [0.25, 0.3) is 0 Å². The number of benzene rings is 1. The monoisotopic (exact) mass is 353 g/mol. The molecule has 5 heteroatoms. The van der Waals surface area contributed by atoms with Crippen molar-refractivity contribution in [2.45, 2.75) is 38.7 Å². The summed E-state index contributed by atoms with van der Waals surface area (Å²) >= 11 is 1.81. The van der Waals surface area contributed by atoms with Crippen LogP contribution in [0.1, 0.15) is 34.7 Å². The van der Waals surface area contributed by atoms with Crippen LogP contribution in [-0.2, 0) is 16.8 Å². The molecule has 1 fully saturated rings. The molecular weight excluding hydrogens is 330 g/mol. The Labute approximate surface area is 151 Å². The van der Waals surface area contributed by atoms with E-state index >= 15 is 0 Å². The van der Waals surface area contributed by atoms with E-state index in [9.17, 15) is 0 Å². The van der Waals surface area contributed by atoms with E-state index in [2.05, 4.69) is 48.0 Å². The van der Waals surface area contributed by atoms with Crippen molar-refractivity contribution in [2.24, 2.45) is 0 Å². The Kier molecular flexibility index (Phi) is 3.44. The second kappa shape index (κ2) is 5.58. The molecule has 130 valence electrons. The molecule has 1 spiro atoms. The number of hydrogen-bond acceptors (Lipinski definition) is 4. The highest BCUT2D eigenvalue weighted by atomic mass is 32.1. The van der Waals surface area contributed by atoms with Crippen LogP contribution in [0.3, 0.4) is 0 Å². The number of rotatable bonds is 1. The third kappa shape index (κ3) is 2.33. The maximum absolute atomic E-state index is 6.40. The Morgan fingerprint density at radius 3 is 2.76 bits per heavy atom. The van der Waals surface area contributed by atoms with Gasteiger partial charge in [0.15, 0.2) is 5.13 Å². The lowest BCUT2D eigenvalue weighted by Gasteiger charge is -2.43. The van der Waals surface area contributed by atoms with Crippen LogP contribution < -0.4 is 4.90 Å². The highest BCUT2D eigenvalue weighted by molar-refractivity contribution is 7.15. The summed E-state index contributed by atoms with van der Waals surface area (Å²) in [6.07, 6.45) is 3.05. The van der Waals surface area contributed by atoms with Gasteiger partial charge in [-0.1, -0.05) is 18.2 Å². The molecule has 2 aliphatic rings. The summed E-state index contributed by atoms with van der Waals surface area (Å²) in [6.45, 7) is 7.08. The lowest BCUT2D eigenvalue weighted by Crippen LogP contribution is -2.46. The fourth-order valence-corrected chi connectivity index (χ4v) is 5.28. The molecule has 2 aliphatic heterocycles. The highest BCUT2D eigenvalue weighted by Crippen LogP contribution is 2.44. The van der Waals surface area contributed by atoms with Gasteiger partial charge in [-0.05, 0) is 44.7 Å². The second-order valence-electron chi connectivity index (χ2n) is 7.24. The summed E-state index contributed by atoms with van der Waals surface area (Å²) < 4.78 is 6.40. The average molecular weight is 353 g/mol. The zero-order valence-corrected chi connectivity index (χ0v) is 15.6. The molecule has 25 heavy (non-hydrogen) atoms. The number of para-hydroxylation sites is 1. The number of aromatic amines is 1. The summed E-state index contributed by atoms with van der Waals surface area (Å²) in [5.74, 6) is 0. The van der Waals surface area contributed by atoms with E-state index in [1.54, 1.807) is 0 Å². The van der Waals surface area contributed by atoms with Crippen molar-refractivity contribution in [3.05, 3.63) is 46.1 Å². The molecule has 0 aliphatic carbocycles. The van der Waals surface area contributed by atoms with Crippen LogP contribution in [0.15, 0.2) is 24.3 Å². The number of fused-ring (bicyclic) bond motifs is 4. The van der Waals surface area contributed by atoms with Gasteiger partial charge in [0, 0.05) is 28.9 Å². The van der Waals surface area contributed by atoms with Gasteiger partial charge in [-0.3, -0.25) is 0 Å². The molecule has 0 atom stereocenters. The second-order valence-corrected chi connectivity index (χ2v) is 8.42. The first-order chi connectivity index (χ1) is 12.2. The van der Waals surface area contributed by atoms with Gasteiger partial charge in [-0.2, -0.15) is 0 Å². The van der Waals surface area contributed by atoms with Gasteiger partial charge in [-0.25, -0.2) is 4.98 Å². The fourth-order valence-electron chi connectivity index (χ4n) is 4.31. The van der Waals surface area contributed by atoms with E-state index in [0.717, 1.165) is 49.8 Å². The molecule has 4 nitrogen and oxygen atoms in total. The van der Waals surface area contributed by atoms with Crippen molar-refractivity contribution >= 4 is 27.4 Å². The van der Waals surface area contributed by atoms with Crippen molar-refractivity contribution in [1.29, 1.82) is 0 Å². The van der Waals surface area contributed by atoms with Crippen LogP contribution in [0.25, 0.3) is 10.9 Å². The summed E-state index contributed by atoms with van der Waals surface area (Å²) in [7, 11) is 0. The first-order valence-corrected chi connectivity index (χ1v) is 9.91. The number of nitrogens with zero attached hydrogens (tertiary/aromatic N) is 2. The Hall–Kier alpha value is -1.85. The van der Waals surface area contributed by atoms with Crippen molar-refractivity contribution in [1.82, 2.24) is 9.97 Å². The van der Waals surface area contributed by atoms with Gasteiger partial charge in [0.2, 0.25) is 0 Å². The maximum Gasteiger partial charge on any atom is 0.185 e. The number of nitrogens with one attached hydrogen (secondary N) is 1. The molecule has 1 aromatic carbocycles. The SMILES string of the molecule is Cc1nc(N2CCC3(CC2)OCCc2c3[nH]c3ccccc23)sc1C. The van der Waals surface area contributed by atoms with E-state index in [-0.39, 0.29) is 5.60 Å². The molecule has 2 aromatic heterocycles. The Morgan fingerprint density at radius 1 is 1.20 bits per heavy atom. The summed E-state index contributed by atoms with van der Waals surface area (Å²) in [4.78, 5) is 12.2. The van der Waals surface area contributed by atoms with E-state index in [0.29, 0.717) is 0 Å². The lowest BCUT2D eigenvalue weighted by molar-refractivity contribution is -0.0790. The van der Waals surface area contributed by atoms with Gasteiger partial charge in [-0.15, -0.1) is 11.3 Å². The van der Waals surface area contributed by atoms with E-state index in [1.165, 1.54) is 27.0 Å². The normalized spacial score (nSPS) is 19.5. The number of H-pyrrole nitrogens is 1. The zero-order valence-electron chi connectivity index (χ0n) is 14.8. The molecule has 0 bridgehead atoms. The van der Waals surface area contributed by atoms with Crippen LogP contribution >= 0.6 is 11.3 Å². The predicted molar refractivity (Wildman–Crippen MR) is 103 cm³/mol. The summed E-state index contributed by atoms with van der Waals surface area (Å²) in [5.41, 5.74) is 5.05. The first-order valence-electron chi connectivity index (χ1n) is 9.09. The van der Waals surface area contributed by atoms with Gasteiger partial charge in [0.1, 0.15) is 5.60 Å². The van der Waals surface area contributed by atoms with Gasteiger partial charge >= 0.3 is 0 Å².